The Bertz CT molecular complexity index is 503. The second kappa shape index (κ2) is 12.3. The first-order valence-corrected chi connectivity index (χ1v) is 10.9. The van der Waals surface area contributed by atoms with Gasteiger partial charge in [-0.2, -0.15) is 0 Å². The maximum Gasteiger partial charge on any atom is 0.410 e. The van der Waals surface area contributed by atoms with Crippen molar-refractivity contribution in [2.24, 2.45) is 0 Å². The van der Waals surface area contributed by atoms with E-state index in [1.54, 1.807) is 4.90 Å². The van der Waals surface area contributed by atoms with Gasteiger partial charge in [0.1, 0.15) is 6.61 Å². The normalized spacial score (nSPS) is 19.9. The molecule has 0 bridgehead atoms. The first-order valence-electron chi connectivity index (χ1n) is 9.81. The van der Waals surface area contributed by atoms with Crippen molar-refractivity contribution < 1.29 is 14.3 Å². The van der Waals surface area contributed by atoms with Crippen LogP contribution in [-0.2, 0) is 16.1 Å². The molecule has 5 heteroatoms. The number of amides is 1. The number of hydrogen-bond donors (Lipinski definition) is 0. The molecular formula is C21H32BrNO3. The molecule has 0 radical (unpaired) electrons. The van der Waals surface area contributed by atoms with E-state index in [0.29, 0.717) is 12.7 Å². The lowest BCUT2D eigenvalue weighted by Crippen LogP contribution is -2.41. The smallest absolute Gasteiger partial charge is 0.410 e. The van der Waals surface area contributed by atoms with Gasteiger partial charge >= 0.3 is 6.09 Å². The predicted octanol–water partition coefficient (Wildman–Crippen LogP) is 5.54. The Morgan fingerprint density at radius 2 is 1.77 bits per heavy atom. The summed E-state index contributed by atoms with van der Waals surface area (Å²) in [6, 6.07) is 10.1. The van der Waals surface area contributed by atoms with Crippen LogP contribution in [0.15, 0.2) is 30.3 Å². The number of ether oxygens (including phenoxy) is 2. The number of halogens is 1. The zero-order valence-electron chi connectivity index (χ0n) is 15.9. The lowest BCUT2D eigenvalue weighted by molar-refractivity contribution is 0.00698. The van der Waals surface area contributed by atoms with Crippen molar-refractivity contribution >= 4 is 22.0 Å². The van der Waals surface area contributed by atoms with Gasteiger partial charge in [0.05, 0.1) is 6.10 Å². The van der Waals surface area contributed by atoms with Crippen LogP contribution in [0.2, 0.25) is 0 Å². The molecule has 0 atom stereocenters. The molecule has 1 aliphatic rings. The number of nitrogens with zero attached hydrogens (tertiary/aromatic N) is 1. The topological polar surface area (TPSA) is 38.8 Å². The van der Waals surface area contributed by atoms with E-state index in [1.807, 2.05) is 37.4 Å². The molecule has 0 unspecified atom stereocenters. The molecule has 0 aliphatic heterocycles. The molecule has 1 aliphatic carbocycles. The average molecular weight is 426 g/mol. The highest BCUT2D eigenvalue weighted by Crippen LogP contribution is 2.25. The second-order valence-electron chi connectivity index (χ2n) is 7.06. The van der Waals surface area contributed by atoms with Gasteiger partial charge in [-0.1, -0.05) is 59.1 Å². The van der Waals surface area contributed by atoms with Crippen LogP contribution in [-0.4, -0.2) is 42.1 Å². The van der Waals surface area contributed by atoms with Gasteiger partial charge < -0.3 is 14.4 Å². The molecule has 0 saturated heterocycles. The third-order valence-corrected chi connectivity index (χ3v) is 5.63. The van der Waals surface area contributed by atoms with Gasteiger partial charge in [0, 0.05) is 25.0 Å². The van der Waals surface area contributed by atoms with Crippen molar-refractivity contribution in [3.8, 4) is 0 Å². The molecule has 1 aromatic rings. The third-order valence-electron chi connectivity index (χ3n) is 5.07. The van der Waals surface area contributed by atoms with Crippen LogP contribution in [0, 0.1) is 0 Å². The minimum atomic E-state index is -0.231. The van der Waals surface area contributed by atoms with Crippen molar-refractivity contribution in [2.75, 3.05) is 19.0 Å². The van der Waals surface area contributed by atoms with Gasteiger partial charge in [0.25, 0.3) is 0 Å². The van der Waals surface area contributed by atoms with Crippen molar-refractivity contribution in [3.05, 3.63) is 35.9 Å². The van der Waals surface area contributed by atoms with E-state index in [4.69, 9.17) is 9.47 Å². The molecule has 0 N–H and O–H groups in total. The van der Waals surface area contributed by atoms with E-state index in [1.165, 1.54) is 19.3 Å². The maximum atomic E-state index is 12.3. The molecular weight excluding hydrogens is 394 g/mol. The third kappa shape index (κ3) is 7.67. The number of carbonyl (C=O) groups excluding carboxylic acids is 1. The molecule has 146 valence electrons. The highest BCUT2D eigenvalue weighted by Gasteiger charge is 2.27. The summed E-state index contributed by atoms with van der Waals surface area (Å²) in [5.41, 5.74) is 1.02. The fourth-order valence-corrected chi connectivity index (χ4v) is 3.77. The summed E-state index contributed by atoms with van der Waals surface area (Å²) >= 11 is 3.46. The largest absolute Gasteiger partial charge is 0.445 e. The highest BCUT2D eigenvalue weighted by atomic mass is 79.9. The van der Waals surface area contributed by atoms with E-state index in [9.17, 15) is 4.79 Å². The zero-order valence-corrected chi connectivity index (χ0v) is 17.5. The predicted molar refractivity (Wildman–Crippen MR) is 109 cm³/mol. The fraction of sp³-hybridized carbons (Fsp3) is 0.667. The Balaban J connectivity index is 1.59. The SMILES string of the molecule is CN(C(=O)OCc1ccccc1)C1CCC(OCCCCCCBr)CC1. The Morgan fingerprint density at radius 1 is 1.08 bits per heavy atom. The van der Waals surface area contributed by atoms with Crippen LogP contribution in [0.3, 0.4) is 0 Å². The van der Waals surface area contributed by atoms with Gasteiger partial charge in [0.15, 0.2) is 0 Å². The van der Waals surface area contributed by atoms with Crippen molar-refractivity contribution in [1.82, 2.24) is 4.90 Å². The molecule has 4 nitrogen and oxygen atoms in total. The van der Waals surface area contributed by atoms with E-state index in [0.717, 1.165) is 49.6 Å². The lowest BCUT2D eigenvalue weighted by Gasteiger charge is -2.34. The van der Waals surface area contributed by atoms with Gasteiger partial charge in [0.2, 0.25) is 0 Å². The molecule has 1 saturated carbocycles. The van der Waals surface area contributed by atoms with Crippen molar-refractivity contribution in [1.29, 1.82) is 0 Å². The van der Waals surface area contributed by atoms with Gasteiger partial charge in [-0.05, 0) is 44.1 Å². The van der Waals surface area contributed by atoms with Crippen LogP contribution in [0.4, 0.5) is 4.79 Å². The molecule has 1 aromatic carbocycles. The number of alkyl halides is 1. The number of benzene rings is 1. The van der Waals surface area contributed by atoms with Crippen molar-refractivity contribution in [2.45, 2.75) is 70.1 Å². The first kappa shape index (κ1) is 21.2. The minimum Gasteiger partial charge on any atom is -0.445 e. The number of rotatable bonds is 10. The Kier molecular flexibility index (Phi) is 10.1. The maximum absolute atomic E-state index is 12.3. The van der Waals surface area contributed by atoms with E-state index in [-0.39, 0.29) is 12.1 Å². The lowest BCUT2D eigenvalue weighted by atomic mass is 9.92. The zero-order chi connectivity index (χ0) is 18.6. The minimum absolute atomic E-state index is 0.231. The van der Waals surface area contributed by atoms with Crippen LogP contribution < -0.4 is 0 Å². The number of carbonyl (C=O) groups is 1. The number of unbranched alkanes of at least 4 members (excludes halogenated alkanes) is 3. The number of hydrogen-bond acceptors (Lipinski definition) is 3. The Morgan fingerprint density at radius 3 is 2.46 bits per heavy atom. The summed E-state index contributed by atoms with van der Waals surface area (Å²) in [6.07, 6.45) is 9.09. The van der Waals surface area contributed by atoms with E-state index >= 15 is 0 Å². The van der Waals surface area contributed by atoms with Crippen LogP contribution >= 0.6 is 15.9 Å². The molecule has 1 fully saturated rings. The molecule has 1 amide bonds. The molecule has 0 heterocycles. The van der Waals surface area contributed by atoms with Gasteiger partial charge in [-0.15, -0.1) is 0 Å². The second-order valence-corrected chi connectivity index (χ2v) is 7.85. The summed E-state index contributed by atoms with van der Waals surface area (Å²) in [7, 11) is 1.85. The summed E-state index contributed by atoms with van der Waals surface area (Å²) in [5.74, 6) is 0. The van der Waals surface area contributed by atoms with E-state index in [2.05, 4.69) is 15.9 Å². The summed E-state index contributed by atoms with van der Waals surface area (Å²) in [5, 5.41) is 1.10. The highest BCUT2D eigenvalue weighted by molar-refractivity contribution is 9.09. The Labute approximate surface area is 166 Å². The van der Waals surface area contributed by atoms with Crippen LogP contribution in [0.1, 0.15) is 56.9 Å². The molecule has 2 rings (SSSR count). The molecule has 0 aromatic heterocycles. The fourth-order valence-electron chi connectivity index (χ4n) is 3.37. The summed E-state index contributed by atoms with van der Waals surface area (Å²) in [4.78, 5) is 14.0. The first-order chi connectivity index (χ1) is 12.7. The molecule has 26 heavy (non-hydrogen) atoms. The van der Waals surface area contributed by atoms with E-state index < -0.39 is 0 Å². The Hall–Kier alpha value is -1.07. The average Bonchev–Trinajstić information content (AvgIpc) is 2.69. The van der Waals surface area contributed by atoms with Crippen LogP contribution in [0.5, 0.6) is 0 Å². The monoisotopic (exact) mass is 425 g/mol. The quantitative estimate of drug-likeness (QED) is 0.364. The summed E-state index contributed by atoms with van der Waals surface area (Å²) < 4.78 is 11.4. The van der Waals surface area contributed by atoms with Crippen LogP contribution in [0.25, 0.3) is 0 Å². The van der Waals surface area contributed by atoms with Gasteiger partial charge in [-0.3, -0.25) is 0 Å². The molecule has 0 spiro atoms. The van der Waals surface area contributed by atoms with Crippen molar-refractivity contribution in [3.63, 3.8) is 0 Å². The standard InChI is InChI=1S/C21H32BrNO3/c1-23(21(24)26-17-18-9-5-4-6-10-18)19-11-13-20(14-12-19)25-16-8-3-2-7-15-22/h4-6,9-10,19-20H,2-3,7-8,11-17H2,1H3. The van der Waals surface area contributed by atoms with Gasteiger partial charge in [-0.25, -0.2) is 4.79 Å². The summed E-state index contributed by atoms with van der Waals surface area (Å²) in [6.45, 7) is 1.20.